The summed E-state index contributed by atoms with van der Waals surface area (Å²) >= 11 is 3.42. The van der Waals surface area contributed by atoms with E-state index in [9.17, 15) is 5.11 Å². The van der Waals surface area contributed by atoms with E-state index in [0.717, 1.165) is 21.5 Å². The number of hydrogen-bond acceptors (Lipinski definition) is 3. The Bertz CT molecular complexity index is 571. The van der Waals surface area contributed by atoms with Gasteiger partial charge >= 0.3 is 0 Å². The first kappa shape index (κ1) is 14.9. The van der Waals surface area contributed by atoms with Crippen LogP contribution >= 0.6 is 15.9 Å². The third kappa shape index (κ3) is 3.32. The predicted molar refractivity (Wildman–Crippen MR) is 85.2 cm³/mol. The number of aliphatic hydroxyl groups is 1. The molecule has 0 heterocycles. The van der Waals surface area contributed by atoms with E-state index in [2.05, 4.69) is 21.2 Å². The summed E-state index contributed by atoms with van der Waals surface area (Å²) in [5, 5.41) is 13.2. The number of rotatable bonds is 5. The van der Waals surface area contributed by atoms with Crippen molar-refractivity contribution >= 4 is 21.6 Å². The highest BCUT2D eigenvalue weighted by Gasteiger charge is 2.25. The maximum Gasteiger partial charge on any atom is 0.120 e. The van der Waals surface area contributed by atoms with E-state index in [0.29, 0.717) is 0 Å². The molecule has 0 aliphatic rings. The average Bonchev–Trinajstić information content (AvgIpc) is 2.48. The fraction of sp³-hybridized carbons (Fsp3) is 0.250. The van der Waals surface area contributed by atoms with Crippen LogP contribution in [0.4, 0.5) is 5.69 Å². The number of halogens is 1. The second-order valence-corrected chi connectivity index (χ2v) is 5.77. The SMILES string of the molecule is COc1cccc(NC(C)(CO)c2ccc(Br)cc2)c1. The van der Waals surface area contributed by atoms with Gasteiger partial charge in [0.1, 0.15) is 5.75 Å². The van der Waals surface area contributed by atoms with E-state index in [1.165, 1.54) is 0 Å². The van der Waals surface area contributed by atoms with Crippen LogP contribution in [-0.2, 0) is 5.54 Å². The van der Waals surface area contributed by atoms with Crippen molar-refractivity contribution in [3.05, 3.63) is 58.6 Å². The molecule has 106 valence electrons. The Hall–Kier alpha value is -1.52. The zero-order valence-corrected chi connectivity index (χ0v) is 13.1. The molecule has 2 rings (SSSR count). The molecule has 2 aromatic carbocycles. The molecule has 20 heavy (non-hydrogen) atoms. The molecule has 0 saturated carbocycles. The summed E-state index contributed by atoms with van der Waals surface area (Å²) in [5.41, 5.74) is 1.38. The van der Waals surface area contributed by atoms with Crippen LogP contribution in [0.15, 0.2) is 53.0 Å². The Labute approximate surface area is 127 Å². The number of methoxy groups -OCH3 is 1. The molecule has 1 unspecified atom stereocenters. The van der Waals surface area contributed by atoms with Crippen molar-refractivity contribution in [2.45, 2.75) is 12.5 Å². The molecule has 0 bridgehead atoms. The largest absolute Gasteiger partial charge is 0.497 e. The molecule has 3 nitrogen and oxygen atoms in total. The maximum atomic E-state index is 9.79. The molecule has 4 heteroatoms. The van der Waals surface area contributed by atoms with Gasteiger partial charge in [-0.05, 0) is 36.8 Å². The molecular weight excluding hydrogens is 318 g/mol. The van der Waals surface area contributed by atoms with Gasteiger partial charge in [-0.2, -0.15) is 0 Å². The van der Waals surface area contributed by atoms with Crippen molar-refractivity contribution < 1.29 is 9.84 Å². The average molecular weight is 336 g/mol. The molecule has 0 radical (unpaired) electrons. The first-order valence-corrected chi connectivity index (χ1v) is 7.16. The highest BCUT2D eigenvalue weighted by molar-refractivity contribution is 9.10. The number of nitrogens with one attached hydrogen (secondary N) is 1. The Balaban J connectivity index is 2.28. The minimum Gasteiger partial charge on any atom is -0.497 e. The molecule has 0 fully saturated rings. The van der Waals surface area contributed by atoms with Gasteiger partial charge in [0.2, 0.25) is 0 Å². The lowest BCUT2D eigenvalue weighted by Gasteiger charge is -2.30. The smallest absolute Gasteiger partial charge is 0.120 e. The van der Waals surface area contributed by atoms with Crippen LogP contribution in [0.5, 0.6) is 5.75 Å². The maximum absolute atomic E-state index is 9.79. The zero-order valence-electron chi connectivity index (χ0n) is 11.6. The van der Waals surface area contributed by atoms with Gasteiger partial charge in [-0.25, -0.2) is 0 Å². The summed E-state index contributed by atoms with van der Waals surface area (Å²) < 4.78 is 6.23. The van der Waals surface area contributed by atoms with Crippen molar-refractivity contribution in [2.24, 2.45) is 0 Å². The third-order valence-corrected chi connectivity index (χ3v) is 3.82. The lowest BCUT2D eigenvalue weighted by molar-refractivity contribution is 0.224. The molecule has 0 aliphatic heterocycles. The Morgan fingerprint density at radius 2 is 1.90 bits per heavy atom. The van der Waals surface area contributed by atoms with Crippen LogP contribution in [-0.4, -0.2) is 18.8 Å². The molecule has 0 saturated heterocycles. The number of aliphatic hydroxyl groups excluding tert-OH is 1. The normalized spacial score (nSPS) is 13.6. The third-order valence-electron chi connectivity index (χ3n) is 3.29. The van der Waals surface area contributed by atoms with E-state index < -0.39 is 5.54 Å². The Morgan fingerprint density at radius 3 is 2.50 bits per heavy atom. The van der Waals surface area contributed by atoms with Crippen LogP contribution in [0.3, 0.4) is 0 Å². The molecule has 2 aromatic rings. The second kappa shape index (κ2) is 6.29. The summed E-state index contributed by atoms with van der Waals surface area (Å²) in [7, 11) is 1.64. The van der Waals surface area contributed by atoms with Crippen LogP contribution in [0.1, 0.15) is 12.5 Å². The lowest BCUT2D eigenvalue weighted by atomic mass is 9.92. The van der Waals surface area contributed by atoms with E-state index in [4.69, 9.17) is 4.74 Å². The highest BCUT2D eigenvalue weighted by atomic mass is 79.9. The summed E-state index contributed by atoms with van der Waals surface area (Å²) in [6.07, 6.45) is 0. The van der Waals surface area contributed by atoms with Gasteiger partial charge in [-0.3, -0.25) is 0 Å². The van der Waals surface area contributed by atoms with Crippen LogP contribution in [0.25, 0.3) is 0 Å². The molecule has 0 amide bonds. The van der Waals surface area contributed by atoms with E-state index in [1.54, 1.807) is 7.11 Å². The van der Waals surface area contributed by atoms with E-state index >= 15 is 0 Å². The van der Waals surface area contributed by atoms with Gasteiger partial charge in [-0.15, -0.1) is 0 Å². The van der Waals surface area contributed by atoms with Gasteiger partial charge in [0.15, 0.2) is 0 Å². The molecular formula is C16H18BrNO2. The fourth-order valence-electron chi connectivity index (χ4n) is 2.04. The molecule has 2 N–H and O–H groups in total. The summed E-state index contributed by atoms with van der Waals surface area (Å²) in [6, 6.07) is 15.6. The quantitative estimate of drug-likeness (QED) is 0.873. The van der Waals surface area contributed by atoms with Crippen molar-refractivity contribution in [3.8, 4) is 5.75 Å². The van der Waals surface area contributed by atoms with Crippen molar-refractivity contribution in [1.29, 1.82) is 0 Å². The number of benzene rings is 2. The van der Waals surface area contributed by atoms with Gasteiger partial charge < -0.3 is 15.2 Å². The Kier molecular flexibility index (Phi) is 4.68. The highest BCUT2D eigenvalue weighted by Crippen LogP contribution is 2.28. The lowest BCUT2D eigenvalue weighted by Crippen LogP contribution is -2.35. The van der Waals surface area contributed by atoms with Gasteiger partial charge in [0.05, 0.1) is 19.3 Å². The number of anilines is 1. The fourth-order valence-corrected chi connectivity index (χ4v) is 2.30. The zero-order chi connectivity index (χ0) is 14.6. The van der Waals surface area contributed by atoms with E-state index in [1.807, 2.05) is 55.5 Å². The standard InChI is InChI=1S/C16H18BrNO2/c1-16(11-19,12-6-8-13(17)9-7-12)18-14-4-3-5-15(10-14)20-2/h3-10,18-19H,11H2,1-2H3. The van der Waals surface area contributed by atoms with Gasteiger partial charge in [0, 0.05) is 16.2 Å². The number of hydrogen-bond donors (Lipinski definition) is 2. The van der Waals surface area contributed by atoms with Crippen molar-refractivity contribution in [2.75, 3.05) is 19.0 Å². The Morgan fingerprint density at radius 1 is 1.20 bits per heavy atom. The summed E-state index contributed by atoms with van der Waals surface area (Å²) in [6.45, 7) is 1.96. The van der Waals surface area contributed by atoms with Crippen molar-refractivity contribution in [1.82, 2.24) is 0 Å². The van der Waals surface area contributed by atoms with E-state index in [-0.39, 0.29) is 6.61 Å². The minimum atomic E-state index is -0.549. The summed E-state index contributed by atoms with van der Waals surface area (Å²) in [4.78, 5) is 0. The monoisotopic (exact) mass is 335 g/mol. The van der Waals surface area contributed by atoms with Crippen LogP contribution < -0.4 is 10.1 Å². The molecule has 0 aliphatic carbocycles. The van der Waals surface area contributed by atoms with Gasteiger partial charge in [0.25, 0.3) is 0 Å². The molecule has 0 spiro atoms. The topological polar surface area (TPSA) is 41.5 Å². The molecule has 0 aromatic heterocycles. The van der Waals surface area contributed by atoms with Gasteiger partial charge in [-0.1, -0.05) is 34.1 Å². The van der Waals surface area contributed by atoms with Crippen LogP contribution in [0, 0.1) is 0 Å². The first-order chi connectivity index (χ1) is 9.57. The summed E-state index contributed by atoms with van der Waals surface area (Å²) in [5.74, 6) is 0.783. The minimum absolute atomic E-state index is 0.00809. The number of ether oxygens (including phenoxy) is 1. The molecule has 1 atom stereocenters. The van der Waals surface area contributed by atoms with Crippen LogP contribution in [0.2, 0.25) is 0 Å². The predicted octanol–water partition coefficient (Wildman–Crippen LogP) is 3.78. The second-order valence-electron chi connectivity index (χ2n) is 4.85. The first-order valence-electron chi connectivity index (χ1n) is 6.36. The van der Waals surface area contributed by atoms with Crippen molar-refractivity contribution in [3.63, 3.8) is 0 Å².